The molecular weight excluding hydrogens is 310 g/mol. The van der Waals surface area contributed by atoms with Crippen molar-refractivity contribution in [2.75, 3.05) is 0 Å². The smallest absolute Gasteiger partial charge is 0.349 e. The Morgan fingerprint density at radius 1 is 0.880 bits per heavy atom. The minimum Gasteiger partial charge on any atom is -0.455 e. The molecule has 3 aromatic heterocycles. The van der Waals surface area contributed by atoms with Gasteiger partial charge in [-0.2, -0.15) is 0 Å². The van der Waals surface area contributed by atoms with E-state index in [2.05, 4.69) is 45.7 Å². The van der Waals surface area contributed by atoms with Crippen LogP contribution in [0.15, 0.2) is 65.3 Å². The predicted octanol–water partition coefficient (Wildman–Crippen LogP) is 4.33. The maximum Gasteiger partial charge on any atom is 0.349 e. The van der Waals surface area contributed by atoms with Crippen LogP contribution in [0.4, 0.5) is 0 Å². The first-order valence-electron chi connectivity index (χ1n) is 8.25. The van der Waals surface area contributed by atoms with E-state index in [4.69, 9.17) is 4.42 Å². The van der Waals surface area contributed by atoms with E-state index < -0.39 is 0 Å². The van der Waals surface area contributed by atoms with Crippen LogP contribution in [0.1, 0.15) is 5.56 Å². The number of hydrogen-bond acceptors (Lipinski definition) is 3. The van der Waals surface area contributed by atoms with Crippen molar-refractivity contribution in [3.8, 4) is 11.3 Å². The van der Waals surface area contributed by atoms with Crippen LogP contribution in [-0.4, -0.2) is 9.97 Å². The number of fused-ring (bicyclic) bond motifs is 4. The summed E-state index contributed by atoms with van der Waals surface area (Å²) in [5.41, 5.74) is 6.90. The van der Waals surface area contributed by atoms with E-state index >= 15 is 0 Å². The van der Waals surface area contributed by atoms with Crippen molar-refractivity contribution in [1.82, 2.24) is 9.97 Å². The Kier molecular flexibility index (Phi) is 2.88. The van der Waals surface area contributed by atoms with Crippen molar-refractivity contribution in [3.63, 3.8) is 0 Å². The van der Waals surface area contributed by atoms with Gasteiger partial charge in [0, 0.05) is 10.8 Å². The Hall–Kier alpha value is -3.27. The number of aromatic nitrogens is 3. The molecule has 0 saturated heterocycles. The second-order valence-corrected chi connectivity index (χ2v) is 6.28. The van der Waals surface area contributed by atoms with Crippen LogP contribution < -0.4 is 4.57 Å². The quantitative estimate of drug-likeness (QED) is 0.431. The number of nitrogens with zero attached hydrogens (tertiary/aromatic N) is 3. The molecule has 25 heavy (non-hydrogen) atoms. The van der Waals surface area contributed by atoms with Gasteiger partial charge in [0.25, 0.3) is 0 Å². The average molecular weight is 326 g/mol. The van der Waals surface area contributed by atoms with Gasteiger partial charge in [-0.25, -0.2) is 9.55 Å². The molecule has 2 aromatic carbocycles. The van der Waals surface area contributed by atoms with Gasteiger partial charge in [0.1, 0.15) is 16.9 Å². The minimum absolute atomic E-state index is 0.854. The van der Waals surface area contributed by atoms with E-state index in [-0.39, 0.29) is 0 Å². The molecule has 5 rings (SSSR count). The van der Waals surface area contributed by atoms with Crippen molar-refractivity contribution < 1.29 is 8.98 Å². The summed E-state index contributed by atoms with van der Waals surface area (Å²) >= 11 is 0. The fourth-order valence-electron chi connectivity index (χ4n) is 3.56. The Morgan fingerprint density at radius 3 is 2.64 bits per heavy atom. The van der Waals surface area contributed by atoms with Crippen LogP contribution >= 0.6 is 0 Å². The molecule has 0 fully saturated rings. The highest BCUT2D eigenvalue weighted by atomic mass is 16.3. The standard InChI is InChI=1S/C21H16N3O/c1-13-7-8-15-14-5-3-4-6-18(14)25-20(15)19(13)17-10-9-16-21(24(17)2)23-12-11-22-16/h3-12H,1-2H3/q+1. The van der Waals surface area contributed by atoms with Crippen LogP contribution in [0, 0.1) is 6.92 Å². The summed E-state index contributed by atoms with van der Waals surface area (Å²) in [5.74, 6) is 0. The van der Waals surface area contributed by atoms with E-state index in [9.17, 15) is 0 Å². The van der Waals surface area contributed by atoms with Crippen molar-refractivity contribution in [1.29, 1.82) is 0 Å². The third-order valence-electron chi connectivity index (χ3n) is 4.80. The van der Waals surface area contributed by atoms with Crippen LogP contribution in [0.2, 0.25) is 0 Å². The highest BCUT2D eigenvalue weighted by Gasteiger charge is 2.20. The van der Waals surface area contributed by atoms with E-state index in [1.807, 2.05) is 31.3 Å². The molecular formula is C21H16N3O+. The lowest BCUT2D eigenvalue weighted by Crippen LogP contribution is -2.33. The number of rotatable bonds is 1. The second kappa shape index (κ2) is 5.11. The number of benzene rings is 2. The summed E-state index contributed by atoms with van der Waals surface area (Å²) in [6.07, 6.45) is 3.44. The Labute approximate surface area is 144 Å². The maximum atomic E-state index is 6.24. The van der Waals surface area contributed by atoms with Gasteiger partial charge in [-0.1, -0.05) is 30.3 Å². The van der Waals surface area contributed by atoms with Gasteiger partial charge in [0.15, 0.2) is 11.7 Å². The van der Waals surface area contributed by atoms with E-state index in [0.29, 0.717) is 0 Å². The molecule has 4 heteroatoms. The molecule has 5 aromatic rings. The molecule has 0 spiro atoms. The molecule has 0 aliphatic heterocycles. The van der Waals surface area contributed by atoms with Gasteiger partial charge in [-0.15, -0.1) is 0 Å². The highest BCUT2D eigenvalue weighted by molar-refractivity contribution is 6.09. The largest absolute Gasteiger partial charge is 0.455 e. The highest BCUT2D eigenvalue weighted by Crippen LogP contribution is 2.36. The lowest BCUT2D eigenvalue weighted by molar-refractivity contribution is -0.635. The Bertz CT molecular complexity index is 1270. The Morgan fingerprint density at radius 2 is 1.72 bits per heavy atom. The zero-order valence-electron chi connectivity index (χ0n) is 14.0. The molecule has 0 aliphatic rings. The minimum atomic E-state index is 0.854. The molecule has 120 valence electrons. The molecule has 0 radical (unpaired) electrons. The zero-order valence-corrected chi connectivity index (χ0v) is 14.0. The van der Waals surface area contributed by atoms with Crippen molar-refractivity contribution in [3.05, 3.63) is 66.5 Å². The SMILES string of the molecule is Cc1ccc2c(oc3ccccc32)c1-c1ccc2nccnc2[n+]1C. The van der Waals surface area contributed by atoms with Gasteiger partial charge in [0.05, 0.1) is 18.8 Å². The molecule has 0 N–H and O–H groups in total. The van der Waals surface area contributed by atoms with Gasteiger partial charge < -0.3 is 4.42 Å². The van der Waals surface area contributed by atoms with Crippen molar-refractivity contribution >= 4 is 33.1 Å². The third kappa shape index (κ3) is 1.97. The topological polar surface area (TPSA) is 42.8 Å². The second-order valence-electron chi connectivity index (χ2n) is 6.28. The summed E-state index contributed by atoms with van der Waals surface area (Å²) in [5, 5.41) is 2.28. The summed E-state index contributed by atoms with van der Waals surface area (Å²) in [7, 11) is 2.02. The van der Waals surface area contributed by atoms with Gasteiger partial charge in [-0.05, 0) is 35.7 Å². The molecule has 3 heterocycles. The van der Waals surface area contributed by atoms with Crippen LogP contribution in [0.5, 0.6) is 0 Å². The molecule has 0 bridgehead atoms. The summed E-state index contributed by atoms with van der Waals surface area (Å²) < 4.78 is 8.32. The fraction of sp³-hybridized carbons (Fsp3) is 0.0952. The number of aryl methyl sites for hydroxylation is 2. The molecule has 0 atom stereocenters. The number of pyridine rings is 1. The molecule has 4 nitrogen and oxygen atoms in total. The lowest BCUT2D eigenvalue weighted by Gasteiger charge is -2.08. The van der Waals surface area contributed by atoms with E-state index in [0.717, 1.165) is 44.4 Å². The van der Waals surface area contributed by atoms with Crippen LogP contribution in [0.3, 0.4) is 0 Å². The van der Waals surface area contributed by atoms with E-state index in [1.165, 1.54) is 5.56 Å². The Balaban J connectivity index is 1.92. The van der Waals surface area contributed by atoms with Gasteiger partial charge in [0.2, 0.25) is 0 Å². The predicted molar refractivity (Wildman–Crippen MR) is 98.2 cm³/mol. The van der Waals surface area contributed by atoms with Gasteiger partial charge in [-0.3, -0.25) is 0 Å². The molecule has 0 saturated carbocycles. The summed E-state index contributed by atoms with van der Waals surface area (Å²) in [6.45, 7) is 2.11. The number of hydrogen-bond donors (Lipinski definition) is 0. The van der Waals surface area contributed by atoms with Crippen LogP contribution in [0.25, 0.3) is 44.4 Å². The first-order valence-corrected chi connectivity index (χ1v) is 8.25. The first-order chi connectivity index (χ1) is 12.2. The van der Waals surface area contributed by atoms with Crippen molar-refractivity contribution in [2.24, 2.45) is 7.05 Å². The maximum absolute atomic E-state index is 6.24. The average Bonchev–Trinajstić information content (AvgIpc) is 3.01. The number of furan rings is 1. The van der Waals surface area contributed by atoms with E-state index in [1.54, 1.807) is 12.4 Å². The summed E-state index contributed by atoms with van der Waals surface area (Å²) in [6, 6.07) is 16.6. The molecule has 0 unspecified atom stereocenters. The van der Waals surface area contributed by atoms with Crippen LogP contribution in [-0.2, 0) is 7.05 Å². The molecule has 0 aliphatic carbocycles. The molecule has 0 amide bonds. The number of para-hydroxylation sites is 1. The third-order valence-corrected chi connectivity index (χ3v) is 4.80. The van der Waals surface area contributed by atoms with Crippen molar-refractivity contribution in [2.45, 2.75) is 6.92 Å². The fourth-order valence-corrected chi connectivity index (χ4v) is 3.56. The zero-order chi connectivity index (χ0) is 17.0. The normalized spacial score (nSPS) is 11.6. The first kappa shape index (κ1) is 14.1. The summed E-state index contributed by atoms with van der Waals surface area (Å²) in [4.78, 5) is 8.88. The lowest BCUT2D eigenvalue weighted by atomic mass is 10.0. The monoisotopic (exact) mass is 326 g/mol. The van der Waals surface area contributed by atoms with Gasteiger partial charge >= 0.3 is 5.65 Å².